The number of ether oxygens (including phenoxy) is 1. The molecule has 0 unspecified atom stereocenters. The zero-order valence-electron chi connectivity index (χ0n) is 9.95. The van der Waals surface area contributed by atoms with Gasteiger partial charge in [0.15, 0.2) is 0 Å². The first-order valence-electron chi connectivity index (χ1n) is 5.68. The first-order valence-corrected chi connectivity index (χ1v) is 6.75. The first-order chi connectivity index (χ1) is 7.72. The van der Waals surface area contributed by atoms with Crippen LogP contribution in [0.25, 0.3) is 0 Å². The Kier molecular flexibility index (Phi) is 6.73. The van der Waals surface area contributed by atoms with Crippen LogP contribution in [-0.2, 0) is 11.3 Å². The maximum absolute atomic E-state index is 5.73. The van der Waals surface area contributed by atoms with Crippen LogP contribution in [0.1, 0.15) is 25.8 Å². The van der Waals surface area contributed by atoms with Crippen LogP contribution in [0, 0.1) is 5.92 Å². The minimum atomic E-state index is 0.542. The van der Waals surface area contributed by atoms with E-state index in [4.69, 9.17) is 4.74 Å². The molecule has 0 aliphatic heterocycles. The average molecular weight is 330 g/mol. The van der Waals surface area contributed by atoms with E-state index in [0.717, 1.165) is 13.0 Å². The molecular weight excluding hydrogens is 311 g/mol. The molecule has 0 fully saturated rings. The van der Waals surface area contributed by atoms with E-state index in [-0.39, 0.29) is 0 Å². The lowest BCUT2D eigenvalue weighted by Crippen LogP contribution is -2.06. The second-order valence-electron chi connectivity index (χ2n) is 3.92. The van der Waals surface area contributed by atoms with Crippen LogP contribution in [0.2, 0.25) is 0 Å². The molecule has 0 N–H and O–H groups in total. The second kappa shape index (κ2) is 7.85. The number of benzene rings is 1. The zero-order valence-corrected chi connectivity index (χ0v) is 12.1. The highest BCUT2D eigenvalue weighted by Gasteiger charge is 2.03. The fourth-order valence-corrected chi connectivity index (χ4v) is 2.02. The Hall–Kier alpha value is -0.350. The van der Waals surface area contributed by atoms with Gasteiger partial charge in [-0.05, 0) is 45.1 Å². The molecule has 1 nitrogen and oxygen atoms in total. The molecule has 0 amide bonds. The predicted molar refractivity (Wildman–Crippen MR) is 77.7 cm³/mol. The third kappa shape index (κ3) is 5.66. The zero-order chi connectivity index (χ0) is 11.8. The molecule has 2 heteroatoms. The van der Waals surface area contributed by atoms with E-state index in [2.05, 4.69) is 54.6 Å². The van der Waals surface area contributed by atoms with E-state index in [1.807, 2.05) is 18.2 Å². The Morgan fingerprint density at radius 2 is 2.06 bits per heavy atom. The fraction of sp³-hybridized carbons (Fsp3) is 0.429. The van der Waals surface area contributed by atoms with Crippen molar-refractivity contribution in [2.45, 2.75) is 26.9 Å². The molecule has 88 valence electrons. The molecule has 16 heavy (non-hydrogen) atoms. The third-order valence-electron chi connectivity index (χ3n) is 2.43. The van der Waals surface area contributed by atoms with Crippen LogP contribution in [0.5, 0.6) is 0 Å². The summed E-state index contributed by atoms with van der Waals surface area (Å²) in [5, 5.41) is 0. The molecule has 0 aromatic heterocycles. The quantitative estimate of drug-likeness (QED) is 0.695. The van der Waals surface area contributed by atoms with Gasteiger partial charge in [-0.1, -0.05) is 43.3 Å². The molecule has 0 spiro atoms. The van der Waals surface area contributed by atoms with Gasteiger partial charge in [0.05, 0.1) is 13.2 Å². The van der Waals surface area contributed by atoms with Crippen LogP contribution in [0.3, 0.4) is 0 Å². The van der Waals surface area contributed by atoms with Crippen molar-refractivity contribution < 1.29 is 4.74 Å². The highest BCUT2D eigenvalue weighted by molar-refractivity contribution is 14.1. The monoisotopic (exact) mass is 330 g/mol. The summed E-state index contributed by atoms with van der Waals surface area (Å²) in [7, 11) is 0. The van der Waals surface area contributed by atoms with E-state index in [9.17, 15) is 0 Å². The second-order valence-corrected chi connectivity index (χ2v) is 5.62. The summed E-state index contributed by atoms with van der Waals surface area (Å²) in [5.41, 5.74) is 1.24. The van der Waals surface area contributed by atoms with Crippen LogP contribution in [0.4, 0.5) is 0 Å². The lowest BCUT2D eigenvalue weighted by molar-refractivity contribution is 0.0985. The molecular formula is C14H19IO. The number of hydrogen-bond acceptors (Lipinski definition) is 1. The Labute approximate surface area is 112 Å². The van der Waals surface area contributed by atoms with E-state index in [1.54, 1.807) is 0 Å². The van der Waals surface area contributed by atoms with Gasteiger partial charge in [0.25, 0.3) is 0 Å². The Morgan fingerprint density at radius 1 is 1.38 bits per heavy atom. The maximum atomic E-state index is 5.73. The lowest BCUT2D eigenvalue weighted by Gasteiger charge is -2.11. The smallest absolute Gasteiger partial charge is 0.0717 e. The summed E-state index contributed by atoms with van der Waals surface area (Å²) in [5.74, 6) is 0.542. The summed E-state index contributed by atoms with van der Waals surface area (Å²) < 4.78 is 7.07. The Morgan fingerprint density at radius 3 is 2.62 bits per heavy atom. The van der Waals surface area contributed by atoms with Gasteiger partial charge >= 0.3 is 0 Å². The van der Waals surface area contributed by atoms with Gasteiger partial charge in [-0.3, -0.25) is 0 Å². The van der Waals surface area contributed by atoms with Gasteiger partial charge in [-0.2, -0.15) is 0 Å². The normalized spacial score (nSPS) is 13.8. The molecule has 1 atom stereocenters. The van der Waals surface area contributed by atoms with Crippen LogP contribution >= 0.6 is 22.6 Å². The van der Waals surface area contributed by atoms with E-state index in [1.165, 1.54) is 9.14 Å². The molecule has 1 rings (SSSR count). The van der Waals surface area contributed by atoms with Crippen molar-refractivity contribution in [2.24, 2.45) is 5.92 Å². The number of hydrogen-bond donors (Lipinski definition) is 0. The van der Waals surface area contributed by atoms with Crippen LogP contribution in [-0.4, -0.2) is 6.61 Å². The van der Waals surface area contributed by atoms with Crippen molar-refractivity contribution in [3.63, 3.8) is 0 Å². The summed E-state index contributed by atoms with van der Waals surface area (Å²) in [4.78, 5) is 0. The fourth-order valence-electron chi connectivity index (χ4n) is 1.51. The average Bonchev–Trinajstić information content (AvgIpc) is 2.28. The molecule has 0 bridgehead atoms. The SMILES string of the molecule is CC[C@H](/C=C(/C)I)COCc1ccccc1. The van der Waals surface area contributed by atoms with E-state index < -0.39 is 0 Å². The minimum Gasteiger partial charge on any atom is -0.376 e. The van der Waals surface area contributed by atoms with E-state index >= 15 is 0 Å². The maximum Gasteiger partial charge on any atom is 0.0717 e. The highest BCUT2D eigenvalue weighted by Crippen LogP contribution is 2.13. The predicted octanol–water partition coefficient (Wildman–Crippen LogP) is 4.57. The third-order valence-corrected chi connectivity index (χ3v) is 2.79. The molecule has 0 aliphatic rings. The van der Waals surface area contributed by atoms with Crippen molar-refractivity contribution in [1.82, 2.24) is 0 Å². The molecule has 0 saturated carbocycles. The van der Waals surface area contributed by atoms with Gasteiger partial charge in [0.1, 0.15) is 0 Å². The summed E-state index contributed by atoms with van der Waals surface area (Å²) in [6.07, 6.45) is 3.42. The molecule has 0 aliphatic carbocycles. The molecule has 0 heterocycles. The summed E-state index contributed by atoms with van der Waals surface area (Å²) in [6, 6.07) is 10.3. The first kappa shape index (κ1) is 13.7. The van der Waals surface area contributed by atoms with Crippen molar-refractivity contribution in [1.29, 1.82) is 0 Å². The van der Waals surface area contributed by atoms with Crippen molar-refractivity contribution in [3.05, 3.63) is 45.6 Å². The minimum absolute atomic E-state index is 0.542. The number of allylic oxidation sites excluding steroid dienone is 1. The van der Waals surface area contributed by atoms with Crippen molar-refractivity contribution in [2.75, 3.05) is 6.61 Å². The van der Waals surface area contributed by atoms with Gasteiger partial charge in [-0.15, -0.1) is 0 Å². The van der Waals surface area contributed by atoms with Gasteiger partial charge in [0, 0.05) is 5.92 Å². The van der Waals surface area contributed by atoms with Gasteiger partial charge in [0.2, 0.25) is 0 Å². The van der Waals surface area contributed by atoms with Gasteiger partial charge < -0.3 is 4.74 Å². The largest absolute Gasteiger partial charge is 0.376 e. The molecule has 0 radical (unpaired) electrons. The lowest BCUT2D eigenvalue weighted by atomic mass is 10.1. The Balaban J connectivity index is 2.32. The topological polar surface area (TPSA) is 9.23 Å². The molecule has 1 aromatic carbocycles. The van der Waals surface area contributed by atoms with Crippen molar-refractivity contribution in [3.8, 4) is 0 Å². The molecule has 0 saturated heterocycles. The van der Waals surface area contributed by atoms with Crippen LogP contribution < -0.4 is 0 Å². The highest BCUT2D eigenvalue weighted by atomic mass is 127. The summed E-state index contributed by atoms with van der Waals surface area (Å²) in [6.45, 7) is 5.85. The standard InChI is InChI=1S/C14H19IO/c1-3-13(9-12(2)15)10-16-11-14-7-5-4-6-8-14/h4-9,13H,3,10-11H2,1-2H3/b12-9-/t13-/m1/s1. The summed E-state index contributed by atoms with van der Waals surface area (Å²) >= 11 is 2.35. The number of halogens is 1. The van der Waals surface area contributed by atoms with Crippen molar-refractivity contribution >= 4 is 22.6 Å². The molecule has 1 aromatic rings. The Bertz CT molecular complexity index is 315. The number of rotatable bonds is 6. The van der Waals surface area contributed by atoms with Crippen LogP contribution in [0.15, 0.2) is 40.0 Å². The van der Waals surface area contributed by atoms with Gasteiger partial charge in [-0.25, -0.2) is 0 Å². The van der Waals surface area contributed by atoms with E-state index in [0.29, 0.717) is 12.5 Å².